The number of ether oxygens (including phenoxy) is 1. The Bertz CT molecular complexity index is 425. The highest BCUT2D eigenvalue weighted by atomic mass is 16.5. The standard InChI is InChI=1S/C16H25NO2/c1-4-7-16(18)11-17(12-16)8-9-19-15-10-13(2)5-6-14(15)3/h5-6,10,18H,4,7-9,11-12H2,1-3H3. The summed E-state index contributed by atoms with van der Waals surface area (Å²) in [6.45, 7) is 9.41. The molecule has 0 amide bonds. The lowest BCUT2D eigenvalue weighted by molar-refractivity contribution is -0.105. The van der Waals surface area contributed by atoms with Gasteiger partial charge in [-0.1, -0.05) is 25.5 Å². The monoisotopic (exact) mass is 263 g/mol. The van der Waals surface area contributed by atoms with Gasteiger partial charge in [0.05, 0.1) is 5.60 Å². The average Bonchev–Trinajstić information content (AvgIpc) is 2.32. The van der Waals surface area contributed by atoms with Gasteiger partial charge in [-0.3, -0.25) is 4.90 Å². The molecule has 1 aromatic rings. The van der Waals surface area contributed by atoms with Crippen LogP contribution < -0.4 is 4.74 Å². The molecule has 106 valence electrons. The van der Waals surface area contributed by atoms with Crippen LogP contribution in [0, 0.1) is 13.8 Å². The van der Waals surface area contributed by atoms with E-state index in [9.17, 15) is 5.11 Å². The second-order valence-electron chi connectivity index (χ2n) is 5.80. The molecule has 0 radical (unpaired) electrons. The molecule has 1 aliphatic heterocycles. The third-order valence-corrected chi connectivity index (χ3v) is 3.76. The summed E-state index contributed by atoms with van der Waals surface area (Å²) in [6, 6.07) is 6.27. The van der Waals surface area contributed by atoms with E-state index in [0.29, 0.717) is 6.61 Å². The van der Waals surface area contributed by atoms with E-state index < -0.39 is 5.60 Å². The number of hydrogen-bond acceptors (Lipinski definition) is 3. The number of aryl methyl sites for hydroxylation is 2. The van der Waals surface area contributed by atoms with Gasteiger partial charge in [0, 0.05) is 19.6 Å². The van der Waals surface area contributed by atoms with Gasteiger partial charge in [-0.05, 0) is 37.5 Å². The van der Waals surface area contributed by atoms with Crippen molar-refractivity contribution < 1.29 is 9.84 Å². The smallest absolute Gasteiger partial charge is 0.122 e. The summed E-state index contributed by atoms with van der Waals surface area (Å²) in [7, 11) is 0. The summed E-state index contributed by atoms with van der Waals surface area (Å²) in [5.74, 6) is 0.976. The topological polar surface area (TPSA) is 32.7 Å². The van der Waals surface area contributed by atoms with Crippen molar-refractivity contribution in [2.45, 2.75) is 39.2 Å². The minimum absolute atomic E-state index is 0.437. The van der Waals surface area contributed by atoms with E-state index >= 15 is 0 Å². The van der Waals surface area contributed by atoms with Crippen LogP contribution >= 0.6 is 0 Å². The van der Waals surface area contributed by atoms with Crippen LogP contribution in [0.3, 0.4) is 0 Å². The third kappa shape index (κ3) is 3.71. The molecule has 3 nitrogen and oxygen atoms in total. The predicted octanol–water partition coefficient (Wildman–Crippen LogP) is 2.53. The Labute approximate surface area is 116 Å². The van der Waals surface area contributed by atoms with Crippen LogP contribution in [0.5, 0.6) is 5.75 Å². The highest BCUT2D eigenvalue weighted by Crippen LogP contribution is 2.25. The fraction of sp³-hybridized carbons (Fsp3) is 0.625. The van der Waals surface area contributed by atoms with Crippen molar-refractivity contribution in [3.63, 3.8) is 0 Å². The fourth-order valence-corrected chi connectivity index (χ4v) is 2.72. The number of rotatable bonds is 6. The average molecular weight is 263 g/mol. The molecular formula is C16H25NO2. The Balaban J connectivity index is 1.72. The van der Waals surface area contributed by atoms with Crippen molar-refractivity contribution in [1.82, 2.24) is 4.90 Å². The number of likely N-dealkylation sites (tertiary alicyclic amines) is 1. The number of aliphatic hydroxyl groups is 1. The lowest BCUT2D eigenvalue weighted by atomic mass is 9.89. The van der Waals surface area contributed by atoms with Gasteiger partial charge in [-0.25, -0.2) is 0 Å². The first kappa shape index (κ1) is 14.4. The quantitative estimate of drug-likeness (QED) is 0.856. The van der Waals surface area contributed by atoms with Gasteiger partial charge in [0.25, 0.3) is 0 Å². The number of β-amino-alcohol motifs (C(OH)–C–C–N with tert-alkyl or cyclic N) is 1. The highest BCUT2D eigenvalue weighted by molar-refractivity contribution is 5.35. The third-order valence-electron chi connectivity index (χ3n) is 3.76. The van der Waals surface area contributed by atoms with E-state index in [1.165, 1.54) is 11.1 Å². The van der Waals surface area contributed by atoms with E-state index in [1.54, 1.807) is 0 Å². The summed E-state index contributed by atoms with van der Waals surface area (Å²) in [5.41, 5.74) is 1.96. The minimum atomic E-state index is -0.437. The van der Waals surface area contributed by atoms with E-state index in [0.717, 1.165) is 38.2 Å². The first-order valence-electron chi connectivity index (χ1n) is 7.17. The fourth-order valence-electron chi connectivity index (χ4n) is 2.72. The Hall–Kier alpha value is -1.06. The number of nitrogens with zero attached hydrogens (tertiary/aromatic N) is 1. The zero-order valence-electron chi connectivity index (χ0n) is 12.3. The van der Waals surface area contributed by atoms with Gasteiger partial charge in [0.15, 0.2) is 0 Å². The lowest BCUT2D eigenvalue weighted by Crippen LogP contribution is -2.62. The minimum Gasteiger partial charge on any atom is -0.492 e. The molecule has 0 bridgehead atoms. The van der Waals surface area contributed by atoms with Gasteiger partial charge in [-0.2, -0.15) is 0 Å². The van der Waals surface area contributed by atoms with Gasteiger partial charge in [0.2, 0.25) is 0 Å². The molecule has 0 aromatic heterocycles. The van der Waals surface area contributed by atoms with Gasteiger partial charge in [-0.15, -0.1) is 0 Å². The highest BCUT2D eigenvalue weighted by Gasteiger charge is 2.39. The first-order chi connectivity index (χ1) is 9.02. The lowest BCUT2D eigenvalue weighted by Gasteiger charge is -2.46. The molecule has 1 N–H and O–H groups in total. The molecule has 1 fully saturated rings. The van der Waals surface area contributed by atoms with E-state index in [1.807, 2.05) is 0 Å². The largest absolute Gasteiger partial charge is 0.492 e. The zero-order chi connectivity index (χ0) is 13.9. The molecule has 1 heterocycles. The first-order valence-corrected chi connectivity index (χ1v) is 7.17. The van der Waals surface area contributed by atoms with Crippen LogP contribution in [0.2, 0.25) is 0 Å². The summed E-state index contributed by atoms with van der Waals surface area (Å²) >= 11 is 0. The van der Waals surface area contributed by atoms with E-state index in [4.69, 9.17) is 4.74 Å². The van der Waals surface area contributed by atoms with Crippen molar-refractivity contribution in [2.24, 2.45) is 0 Å². The maximum atomic E-state index is 10.1. The predicted molar refractivity (Wildman–Crippen MR) is 77.7 cm³/mol. The van der Waals surface area contributed by atoms with Gasteiger partial charge in [0.1, 0.15) is 12.4 Å². The van der Waals surface area contributed by atoms with Crippen LogP contribution in [0.25, 0.3) is 0 Å². The summed E-state index contributed by atoms with van der Waals surface area (Å²) in [5, 5.41) is 10.1. The molecular weight excluding hydrogens is 238 g/mol. The molecule has 0 unspecified atom stereocenters. The Morgan fingerprint density at radius 2 is 2.05 bits per heavy atom. The van der Waals surface area contributed by atoms with Crippen LogP contribution in [0.15, 0.2) is 18.2 Å². The van der Waals surface area contributed by atoms with Crippen molar-refractivity contribution in [1.29, 1.82) is 0 Å². The molecule has 0 atom stereocenters. The van der Waals surface area contributed by atoms with E-state index in [2.05, 4.69) is 43.9 Å². The van der Waals surface area contributed by atoms with Crippen LogP contribution in [0.4, 0.5) is 0 Å². The summed E-state index contributed by atoms with van der Waals surface area (Å²) in [4.78, 5) is 2.25. The molecule has 1 aromatic carbocycles. The summed E-state index contributed by atoms with van der Waals surface area (Å²) < 4.78 is 5.83. The molecule has 1 aliphatic rings. The molecule has 19 heavy (non-hydrogen) atoms. The Morgan fingerprint density at radius 1 is 1.32 bits per heavy atom. The van der Waals surface area contributed by atoms with Crippen molar-refractivity contribution in [2.75, 3.05) is 26.2 Å². The van der Waals surface area contributed by atoms with Crippen LogP contribution in [-0.2, 0) is 0 Å². The molecule has 0 saturated carbocycles. The maximum absolute atomic E-state index is 10.1. The molecule has 3 heteroatoms. The SMILES string of the molecule is CCCC1(O)CN(CCOc2cc(C)ccc2C)C1. The normalized spacial score (nSPS) is 18.1. The van der Waals surface area contributed by atoms with Crippen molar-refractivity contribution in [3.8, 4) is 5.75 Å². The zero-order valence-corrected chi connectivity index (χ0v) is 12.3. The Morgan fingerprint density at radius 3 is 2.74 bits per heavy atom. The van der Waals surface area contributed by atoms with Gasteiger partial charge >= 0.3 is 0 Å². The van der Waals surface area contributed by atoms with Crippen molar-refractivity contribution in [3.05, 3.63) is 29.3 Å². The van der Waals surface area contributed by atoms with E-state index in [-0.39, 0.29) is 0 Å². The second kappa shape index (κ2) is 5.93. The second-order valence-corrected chi connectivity index (χ2v) is 5.80. The number of hydrogen-bond donors (Lipinski definition) is 1. The number of benzene rings is 1. The van der Waals surface area contributed by atoms with Crippen molar-refractivity contribution >= 4 is 0 Å². The molecule has 0 aliphatic carbocycles. The molecule has 0 spiro atoms. The summed E-state index contributed by atoms with van der Waals surface area (Å²) in [6.07, 6.45) is 1.95. The molecule has 1 saturated heterocycles. The Kier molecular flexibility index (Phi) is 4.48. The molecule has 2 rings (SSSR count). The van der Waals surface area contributed by atoms with Crippen LogP contribution in [-0.4, -0.2) is 41.8 Å². The maximum Gasteiger partial charge on any atom is 0.122 e. The van der Waals surface area contributed by atoms with Crippen LogP contribution in [0.1, 0.15) is 30.9 Å². The van der Waals surface area contributed by atoms with Gasteiger partial charge < -0.3 is 9.84 Å².